The van der Waals surface area contributed by atoms with Gasteiger partial charge in [-0.15, -0.1) is 0 Å². The molecule has 9 nitrogen and oxygen atoms in total. The Labute approximate surface area is 224 Å². The minimum absolute atomic E-state index is 0.0428. The second kappa shape index (κ2) is 10.3. The lowest BCUT2D eigenvalue weighted by molar-refractivity contribution is -0.123. The third-order valence-electron chi connectivity index (χ3n) is 7.11. The Morgan fingerprint density at radius 1 is 1.13 bits per heavy atom. The number of benzene rings is 2. The van der Waals surface area contributed by atoms with E-state index < -0.39 is 17.9 Å². The lowest BCUT2D eigenvalue weighted by Crippen LogP contribution is -2.46. The van der Waals surface area contributed by atoms with Crippen molar-refractivity contribution in [3.05, 3.63) is 75.9 Å². The van der Waals surface area contributed by atoms with E-state index in [0.717, 1.165) is 59.2 Å². The molecule has 38 heavy (non-hydrogen) atoms. The fourth-order valence-electron chi connectivity index (χ4n) is 5.25. The minimum Gasteiger partial charge on any atom is -0.395 e. The Bertz CT molecular complexity index is 1530. The quantitative estimate of drug-likeness (QED) is 0.280. The van der Waals surface area contributed by atoms with Crippen molar-refractivity contribution in [3.8, 4) is 0 Å². The largest absolute Gasteiger partial charge is 0.395 e. The third-order valence-corrected chi connectivity index (χ3v) is 7.96. The normalized spacial score (nSPS) is 14.5. The summed E-state index contributed by atoms with van der Waals surface area (Å²) in [4.78, 5) is 45.1. The Balaban J connectivity index is 1.71. The highest BCUT2D eigenvalue weighted by molar-refractivity contribution is 7.09. The van der Waals surface area contributed by atoms with Crippen LogP contribution in [0.2, 0.25) is 0 Å². The number of amides is 3. The van der Waals surface area contributed by atoms with Crippen LogP contribution < -0.4 is 21.7 Å². The molecule has 2 aromatic heterocycles. The fraction of sp³-hybridized carbons (Fsp3) is 0.286. The molecule has 1 aliphatic rings. The van der Waals surface area contributed by atoms with E-state index in [1.54, 1.807) is 6.20 Å². The summed E-state index contributed by atoms with van der Waals surface area (Å²) in [5.41, 5.74) is 15.3. The first-order chi connectivity index (χ1) is 18.3. The number of nitrogens with zero attached hydrogens (tertiary/aromatic N) is 2. The molecule has 0 spiro atoms. The van der Waals surface area contributed by atoms with Gasteiger partial charge in [0.1, 0.15) is 10.9 Å². The van der Waals surface area contributed by atoms with Crippen LogP contribution in [0.4, 0.5) is 11.4 Å². The number of fused-ring (bicyclic) bond motifs is 1. The lowest BCUT2D eigenvalue weighted by Gasteiger charge is -2.33. The van der Waals surface area contributed by atoms with Crippen molar-refractivity contribution in [2.24, 2.45) is 5.73 Å². The maximum atomic E-state index is 14.3. The summed E-state index contributed by atoms with van der Waals surface area (Å²) in [6.07, 6.45) is 5.67. The molecule has 4 aromatic rings. The van der Waals surface area contributed by atoms with E-state index in [9.17, 15) is 14.4 Å². The average Bonchev–Trinajstić information content (AvgIpc) is 3.63. The Hall–Kier alpha value is -4.18. The van der Waals surface area contributed by atoms with Crippen molar-refractivity contribution in [1.82, 2.24) is 14.7 Å². The van der Waals surface area contributed by atoms with Gasteiger partial charge in [-0.05, 0) is 55.9 Å². The third kappa shape index (κ3) is 4.63. The van der Waals surface area contributed by atoms with Gasteiger partial charge in [-0.2, -0.15) is 4.37 Å². The second-order valence-electron chi connectivity index (χ2n) is 9.79. The summed E-state index contributed by atoms with van der Waals surface area (Å²) < 4.78 is 4.04. The smallest absolute Gasteiger partial charge is 0.273 e. The molecule has 5 rings (SSSR count). The number of aromatic nitrogens is 2. The van der Waals surface area contributed by atoms with Crippen LogP contribution >= 0.6 is 11.5 Å². The molecule has 0 radical (unpaired) electrons. The minimum atomic E-state index is -1.01. The van der Waals surface area contributed by atoms with E-state index >= 15 is 0 Å². The molecule has 1 atom stereocenters. The molecule has 6 N–H and O–H groups in total. The van der Waals surface area contributed by atoms with E-state index in [0.29, 0.717) is 11.3 Å². The zero-order chi connectivity index (χ0) is 27.0. The van der Waals surface area contributed by atoms with Crippen LogP contribution in [-0.2, 0) is 4.79 Å². The van der Waals surface area contributed by atoms with Gasteiger partial charge in [-0.3, -0.25) is 19.3 Å². The van der Waals surface area contributed by atoms with Crippen molar-refractivity contribution in [2.75, 3.05) is 10.6 Å². The summed E-state index contributed by atoms with van der Waals surface area (Å²) >= 11 is 0.801. The van der Waals surface area contributed by atoms with Gasteiger partial charge in [0.05, 0.1) is 5.69 Å². The predicted octanol–water partition coefficient (Wildman–Crippen LogP) is 4.37. The van der Waals surface area contributed by atoms with E-state index in [1.807, 2.05) is 56.3 Å². The maximum absolute atomic E-state index is 14.3. The van der Waals surface area contributed by atoms with Crippen molar-refractivity contribution < 1.29 is 14.4 Å². The molecule has 2 aromatic carbocycles. The molecule has 0 bridgehead atoms. The molecule has 0 saturated heterocycles. The van der Waals surface area contributed by atoms with Crippen molar-refractivity contribution >= 4 is 51.5 Å². The molecular weight excluding hydrogens is 500 g/mol. The van der Waals surface area contributed by atoms with Crippen LogP contribution in [0.15, 0.2) is 48.7 Å². The average molecular weight is 531 g/mol. The zero-order valence-electron chi connectivity index (χ0n) is 21.3. The van der Waals surface area contributed by atoms with Crippen LogP contribution in [0, 0.1) is 13.8 Å². The molecular formula is C28H30N6O3S. The Morgan fingerprint density at radius 3 is 2.55 bits per heavy atom. The number of nitrogens with two attached hydrogens (primary N) is 2. The summed E-state index contributed by atoms with van der Waals surface area (Å²) in [6.45, 7) is 3.86. The molecule has 0 aliphatic heterocycles. The molecule has 1 fully saturated rings. The van der Waals surface area contributed by atoms with Gasteiger partial charge < -0.3 is 21.8 Å². The molecule has 196 valence electrons. The highest BCUT2D eigenvalue weighted by Gasteiger charge is 2.38. The number of carbonyl (C=O) groups is 3. The number of hydrogen-bond donors (Lipinski definition) is 4. The monoisotopic (exact) mass is 530 g/mol. The molecule has 2 heterocycles. The number of aromatic amines is 1. The first-order valence-corrected chi connectivity index (χ1v) is 13.4. The summed E-state index contributed by atoms with van der Waals surface area (Å²) in [7, 11) is 0. The maximum Gasteiger partial charge on any atom is 0.273 e. The van der Waals surface area contributed by atoms with Crippen molar-refractivity contribution in [3.63, 3.8) is 0 Å². The van der Waals surface area contributed by atoms with Crippen LogP contribution in [0.25, 0.3) is 10.9 Å². The van der Waals surface area contributed by atoms with Crippen molar-refractivity contribution in [2.45, 2.75) is 51.6 Å². The van der Waals surface area contributed by atoms with Gasteiger partial charge in [0.15, 0.2) is 5.69 Å². The number of H-pyrrole nitrogens is 1. The standard InChI is InChI=1S/C28H30N6O3S/c1-15-11-12-21(16(2)13-15)34(28(37)25-22(29)23(26(30)35)33-38-25)24(27(36)32-17-7-3-4-8-17)19-14-31-20-10-6-5-9-18(19)20/h5-6,9-14,17,24,31H,3-4,7-8,29H2,1-2H3,(H2,30,35)(H,32,36)/t24-/m0/s1. The van der Waals surface area contributed by atoms with E-state index in [-0.39, 0.29) is 28.2 Å². The topological polar surface area (TPSA) is 147 Å². The Morgan fingerprint density at radius 2 is 1.87 bits per heavy atom. The van der Waals surface area contributed by atoms with Gasteiger partial charge in [-0.25, -0.2) is 0 Å². The summed E-state index contributed by atoms with van der Waals surface area (Å²) in [6, 6.07) is 12.4. The van der Waals surface area contributed by atoms with Crippen LogP contribution in [-0.4, -0.2) is 33.1 Å². The summed E-state index contributed by atoms with van der Waals surface area (Å²) in [5.74, 6) is -1.63. The van der Waals surface area contributed by atoms with Crippen LogP contribution in [0.3, 0.4) is 0 Å². The predicted molar refractivity (Wildman–Crippen MR) is 149 cm³/mol. The molecule has 1 aliphatic carbocycles. The highest BCUT2D eigenvalue weighted by Crippen LogP contribution is 2.37. The number of para-hydroxylation sites is 1. The molecule has 10 heteroatoms. The van der Waals surface area contributed by atoms with E-state index in [1.165, 1.54) is 4.90 Å². The Kier molecular flexibility index (Phi) is 6.90. The number of carbonyl (C=O) groups excluding carboxylic acids is 3. The van der Waals surface area contributed by atoms with Crippen LogP contribution in [0.1, 0.15) is 68.6 Å². The lowest BCUT2D eigenvalue weighted by atomic mass is 9.99. The van der Waals surface area contributed by atoms with Gasteiger partial charge in [0.25, 0.3) is 11.8 Å². The van der Waals surface area contributed by atoms with Crippen LogP contribution in [0.5, 0.6) is 0 Å². The zero-order valence-corrected chi connectivity index (χ0v) is 22.1. The number of rotatable bonds is 7. The van der Waals surface area contributed by atoms with Gasteiger partial charge >= 0.3 is 0 Å². The first kappa shape index (κ1) is 25.5. The summed E-state index contributed by atoms with van der Waals surface area (Å²) in [5, 5.41) is 4.02. The second-order valence-corrected chi connectivity index (χ2v) is 10.6. The highest BCUT2D eigenvalue weighted by atomic mass is 32.1. The number of primary amides is 1. The number of nitrogen functional groups attached to an aromatic ring is 1. The molecule has 1 saturated carbocycles. The first-order valence-electron chi connectivity index (χ1n) is 12.6. The van der Waals surface area contributed by atoms with E-state index in [4.69, 9.17) is 11.5 Å². The molecule has 0 unspecified atom stereocenters. The van der Waals surface area contributed by atoms with Crippen molar-refractivity contribution in [1.29, 1.82) is 0 Å². The number of nitrogens with one attached hydrogen (secondary N) is 2. The fourth-order valence-corrected chi connectivity index (χ4v) is 5.99. The SMILES string of the molecule is Cc1ccc(N(C(=O)c2snc(C(N)=O)c2N)[C@H](C(=O)NC2CCCC2)c2c[nH]c3ccccc23)c(C)c1. The number of aryl methyl sites for hydroxylation is 2. The van der Waals surface area contributed by atoms with Gasteiger partial charge in [-0.1, -0.05) is 48.7 Å². The van der Waals surface area contributed by atoms with Gasteiger partial charge in [0.2, 0.25) is 5.91 Å². The molecule has 3 amide bonds. The van der Waals surface area contributed by atoms with Gasteiger partial charge in [0, 0.05) is 34.4 Å². The number of hydrogen-bond acceptors (Lipinski definition) is 6. The number of anilines is 2. The van der Waals surface area contributed by atoms with E-state index in [2.05, 4.69) is 14.7 Å².